The van der Waals surface area contributed by atoms with Crippen LogP contribution in [0, 0.1) is 11.8 Å². The predicted molar refractivity (Wildman–Crippen MR) is 147 cm³/mol. The van der Waals surface area contributed by atoms with Crippen molar-refractivity contribution < 1.29 is 13.7 Å². The van der Waals surface area contributed by atoms with Crippen molar-refractivity contribution in [2.45, 2.75) is 91.3 Å². The summed E-state index contributed by atoms with van der Waals surface area (Å²) in [6.07, 6.45) is 2.00. The van der Waals surface area contributed by atoms with Crippen LogP contribution in [0.4, 0.5) is 0 Å². The summed E-state index contributed by atoms with van der Waals surface area (Å²) in [5.74, 6) is 0.937. The van der Waals surface area contributed by atoms with Crippen LogP contribution in [0.5, 0.6) is 0 Å². The lowest BCUT2D eigenvalue weighted by atomic mass is 9.75. The van der Waals surface area contributed by atoms with E-state index in [2.05, 4.69) is 123 Å². The second-order valence-electron chi connectivity index (χ2n) is 12.3. The maximum atomic E-state index is 7.14. The fraction of sp³-hybridized carbons (Fsp3) is 0.586. The molecule has 3 rings (SSSR count). The highest BCUT2D eigenvalue weighted by atomic mass is 28.4. The second kappa shape index (κ2) is 10.3. The Morgan fingerprint density at radius 1 is 0.794 bits per heavy atom. The molecule has 0 amide bonds. The third kappa shape index (κ3) is 5.70. The van der Waals surface area contributed by atoms with Gasteiger partial charge in [0.25, 0.3) is 8.32 Å². The molecule has 1 aliphatic heterocycles. The summed E-state index contributed by atoms with van der Waals surface area (Å²) >= 11 is 0. The highest BCUT2D eigenvalue weighted by Gasteiger charge is 2.52. The Labute approximate surface area is 209 Å². The summed E-state index contributed by atoms with van der Waals surface area (Å²) < 4.78 is 19.6. The van der Waals surface area contributed by atoms with Crippen LogP contribution in [0.2, 0.25) is 11.4 Å². The van der Waals surface area contributed by atoms with Gasteiger partial charge in [0.2, 0.25) is 0 Å². The number of hydrogen-bond acceptors (Lipinski definition) is 3. The van der Waals surface area contributed by atoms with E-state index >= 15 is 0 Å². The summed E-state index contributed by atoms with van der Waals surface area (Å²) in [6, 6.07) is 21.8. The molecule has 3 nitrogen and oxygen atoms in total. The summed E-state index contributed by atoms with van der Waals surface area (Å²) in [7, 11) is -2.62. The molecule has 1 aliphatic rings. The maximum absolute atomic E-state index is 7.14. The molecule has 5 heteroatoms. The quantitative estimate of drug-likeness (QED) is 0.393. The highest BCUT2D eigenvalue weighted by Crippen LogP contribution is 2.40. The third-order valence-electron chi connectivity index (χ3n) is 7.70. The minimum atomic E-state index is -2.49. The number of rotatable bonds is 9. The second-order valence-corrected chi connectivity index (χ2v) is 16.6. The van der Waals surface area contributed by atoms with Crippen molar-refractivity contribution in [2.75, 3.05) is 6.61 Å². The van der Waals surface area contributed by atoms with Crippen molar-refractivity contribution in [3.05, 3.63) is 60.7 Å². The molecule has 1 fully saturated rings. The molecule has 2 aromatic rings. The standard InChI is InChI=1S/C29H45BO3Si/c1-23(21-30-32-28(6,7)29(8,9)33-30)20-24(2)22-31-34(27(3,4)5,25-16-12-10-13-17-25)26-18-14-11-15-19-26/h10-19,23-24H,20-22H2,1-9H3/t23-,24-/m0/s1. The smallest absolute Gasteiger partial charge is 0.407 e. The molecule has 186 valence electrons. The molecule has 0 aromatic heterocycles. The monoisotopic (exact) mass is 480 g/mol. The lowest BCUT2D eigenvalue weighted by molar-refractivity contribution is 0.00578. The van der Waals surface area contributed by atoms with Crippen molar-refractivity contribution in [3.8, 4) is 0 Å². The lowest BCUT2D eigenvalue weighted by Crippen LogP contribution is -2.66. The zero-order valence-corrected chi connectivity index (χ0v) is 23.9. The Hall–Kier alpha value is -1.40. The van der Waals surface area contributed by atoms with E-state index in [1.807, 2.05) is 0 Å². The van der Waals surface area contributed by atoms with Gasteiger partial charge in [0.15, 0.2) is 0 Å². The number of benzene rings is 2. The molecule has 0 N–H and O–H groups in total. The molecule has 0 unspecified atom stereocenters. The zero-order valence-electron chi connectivity index (χ0n) is 22.9. The van der Waals surface area contributed by atoms with Crippen LogP contribution < -0.4 is 10.4 Å². The van der Waals surface area contributed by atoms with Gasteiger partial charge in [-0.2, -0.15) is 0 Å². The molecule has 0 aliphatic carbocycles. The predicted octanol–water partition coefficient (Wildman–Crippen LogP) is 6.32. The largest absolute Gasteiger partial charge is 0.458 e. The first-order chi connectivity index (χ1) is 15.8. The Morgan fingerprint density at radius 2 is 1.24 bits per heavy atom. The zero-order chi connectivity index (χ0) is 25.2. The van der Waals surface area contributed by atoms with Gasteiger partial charge in [-0.25, -0.2) is 0 Å². The van der Waals surface area contributed by atoms with Crippen LogP contribution in [-0.4, -0.2) is 33.2 Å². The van der Waals surface area contributed by atoms with Crippen molar-refractivity contribution in [1.82, 2.24) is 0 Å². The molecule has 0 spiro atoms. The Balaban J connectivity index is 1.73. The SMILES string of the molecule is C[C@H](CO[Si](c1ccccc1)(c1ccccc1)C(C)(C)C)C[C@H](C)CB1OC(C)(C)C(C)(C)O1. The molecule has 2 aromatic carbocycles. The molecular weight excluding hydrogens is 435 g/mol. The minimum absolute atomic E-state index is 0.00371. The van der Waals surface area contributed by atoms with E-state index in [1.54, 1.807) is 0 Å². The Morgan fingerprint density at radius 3 is 1.65 bits per heavy atom. The lowest BCUT2D eigenvalue weighted by Gasteiger charge is -2.43. The maximum Gasteiger partial charge on any atom is 0.458 e. The topological polar surface area (TPSA) is 27.7 Å². The van der Waals surface area contributed by atoms with Crippen LogP contribution in [-0.2, 0) is 13.7 Å². The Bertz CT molecular complexity index is 852. The van der Waals surface area contributed by atoms with Crippen LogP contribution in [0.25, 0.3) is 0 Å². The summed E-state index contributed by atoms with van der Waals surface area (Å²) in [4.78, 5) is 0. The minimum Gasteiger partial charge on any atom is -0.407 e. The Kier molecular flexibility index (Phi) is 8.24. The first-order valence-corrected chi connectivity index (χ1v) is 14.8. The molecule has 1 saturated heterocycles. The average Bonchev–Trinajstić information content (AvgIpc) is 2.94. The molecule has 0 bridgehead atoms. The summed E-state index contributed by atoms with van der Waals surface area (Å²) in [5, 5.41) is 2.68. The van der Waals surface area contributed by atoms with Gasteiger partial charge < -0.3 is 13.7 Å². The van der Waals surface area contributed by atoms with Gasteiger partial charge in [-0.3, -0.25) is 0 Å². The first-order valence-electron chi connectivity index (χ1n) is 12.9. The molecule has 0 radical (unpaired) electrons. The molecule has 2 atom stereocenters. The van der Waals surface area contributed by atoms with E-state index in [-0.39, 0.29) is 23.4 Å². The molecule has 1 heterocycles. The average molecular weight is 481 g/mol. The van der Waals surface area contributed by atoms with Gasteiger partial charge in [0.05, 0.1) is 11.2 Å². The fourth-order valence-corrected chi connectivity index (χ4v) is 9.96. The van der Waals surface area contributed by atoms with E-state index in [4.69, 9.17) is 13.7 Å². The van der Waals surface area contributed by atoms with Gasteiger partial charge in [-0.05, 0) is 67.7 Å². The van der Waals surface area contributed by atoms with Gasteiger partial charge in [0, 0.05) is 6.61 Å². The van der Waals surface area contributed by atoms with E-state index in [1.165, 1.54) is 10.4 Å². The van der Waals surface area contributed by atoms with Gasteiger partial charge >= 0.3 is 7.12 Å². The van der Waals surface area contributed by atoms with E-state index in [0.717, 1.165) is 19.3 Å². The number of hydrogen-bond donors (Lipinski definition) is 0. The van der Waals surface area contributed by atoms with Gasteiger partial charge in [-0.1, -0.05) is 95.3 Å². The van der Waals surface area contributed by atoms with Crippen molar-refractivity contribution >= 4 is 25.8 Å². The normalized spacial score (nSPS) is 19.7. The van der Waals surface area contributed by atoms with Crippen LogP contribution in [0.15, 0.2) is 60.7 Å². The highest BCUT2D eigenvalue weighted by molar-refractivity contribution is 6.99. The van der Waals surface area contributed by atoms with Crippen molar-refractivity contribution in [1.29, 1.82) is 0 Å². The van der Waals surface area contributed by atoms with Crippen molar-refractivity contribution in [2.24, 2.45) is 11.8 Å². The van der Waals surface area contributed by atoms with Crippen LogP contribution in [0.1, 0.15) is 68.7 Å². The molecule has 0 saturated carbocycles. The van der Waals surface area contributed by atoms with Gasteiger partial charge in [0.1, 0.15) is 0 Å². The third-order valence-corrected chi connectivity index (χ3v) is 12.7. The fourth-order valence-electron chi connectivity index (χ4n) is 5.27. The van der Waals surface area contributed by atoms with E-state index in [9.17, 15) is 0 Å². The molecular formula is C29H45BO3Si. The molecule has 34 heavy (non-hydrogen) atoms. The summed E-state index contributed by atoms with van der Waals surface area (Å²) in [5.41, 5.74) is -0.537. The first kappa shape index (κ1) is 27.2. The summed E-state index contributed by atoms with van der Waals surface area (Å²) in [6.45, 7) is 20.9. The van der Waals surface area contributed by atoms with E-state index < -0.39 is 8.32 Å². The van der Waals surface area contributed by atoms with Crippen LogP contribution >= 0.6 is 0 Å². The van der Waals surface area contributed by atoms with Crippen molar-refractivity contribution in [3.63, 3.8) is 0 Å². The van der Waals surface area contributed by atoms with E-state index in [0.29, 0.717) is 11.8 Å². The van der Waals surface area contributed by atoms with Crippen LogP contribution in [0.3, 0.4) is 0 Å². The van der Waals surface area contributed by atoms with Gasteiger partial charge in [-0.15, -0.1) is 0 Å².